The maximum atomic E-state index is 13.8. The van der Waals surface area contributed by atoms with Crippen molar-refractivity contribution < 1.29 is 13.9 Å². The van der Waals surface area contributed by atoms with Crippen LogP contribution in [0.2, 0.25) is 0 Å². The summed E-state index contributed by atoms with van der Waals surface area (Å²) in [6.07, 6.45) is 4.55. The number of hydrogen-bond acceptors (Lipinski definition) is 2. The summed E-state index contributed by atoms with van der Waals surface area (Å²) in [4.78, 5) is 12.2. The van der Waals surface area contributed by atoms with Gasteiger partial charge in [0.1, 0.15) is 17.1 Å². The van der Waals surface area contributed by atoms with Gasteiger partial charge in [-0.25, -0.2) is 4.39 Å². The molecular formula is C15H19BrFNO2. The van der Waals surface area contributed by atoms with Crippen LogP contribution in [0.5, 0.6) is 5.75 Å². The molecule has 0 atom stereocenters. The highest BCUT2D eigenvalue weighted by atomic mass is 79.9. The van der Waals surface area contributed by atoms with Gasteiger partial charge < -0.3 is 10.1 Å². The van der Waals surface area contributed by atoms with Gasteiger partial charge >= 0.3 is 0 Å². The Kier molecular flexibility index (Phi) is 5.02. The lowest BCUT2D eigenvalue weighted by atomic mass is 9.89. The van der Waals surface area contributed by atoms with Crippen LogP contribution in [-0.4, -0.2) is 24.9 Å². The fourth-order valence-electron chi connectivity index (χ4n) is 2.73. The SMILES string of the molecule is COc1cccc(F)c1C(=O)NCC1(CBr)CCCC1. The number of nitrogens with one attached hydrogen (secondary N) is 1. The Bertz CT molecular complexity index is 487. The van der Waals surface area contributed by atoms with E-state index < -0.39 is 11.7 Å². The van der Waals surface area contributed by atoms with E-state index in [-0.39, 0.29) is 16.7 Å². The molecule has 1 aromatic carbocycles. The molecule has 0 aromatic heterocycles. The lowest BCUT2D eigenvalue weighted by Gasteiger charge is -2.26. The molecule has 1 amide bonds. The predicted octanol–water partition coefficient (Wildman–Crippen LogP) is 3.52. The van der Waals surface area contributed by atoms with Crippen molar-refractivity contribution in [2.75, 3.05) is 19.0 Å². The second-order valence-electron chi connectivity index (χ2n) is 5.34. The summed E-state index contributed by atoms with van der Waals surface area (Å²) in [6, 6.07) is 4.39. The van der Waals surface area contributed by atoms with Crippen LogP contribution in [0.1, 0.15) is 36.0 Å². The largest absolute Gasteiger partial charge is 0.496 e. The molecule has 20 heavy (non-hydrogen) atoms. The molecule has 0 saturated heterocycles. The van der Waals surface area contributed by atoms with E-state index in [2.05, 4.69) is 21.2 Å². The van der Waals surface area contributed by atoms with Gasteiger partial charge in [-0.05, 0) is 30.4 Å². The van der Waals surface area contributed by atoms with E-state index in [1.54, 1.807) is 6.07 Å². The van der Waals surface area contributed by atoms with Crippen molar-refractivity contribution in [3.63, 3.8) is 0 Å². The van der Waals surface area contributed by atoms with Crippen molar-refractivity contribution in [2.24, 2.45) is 5.41 Å². The Morgan fingerprint density at radius 3 is 2.75 bits per heavy atom. The molecule has 0 heterocycles. The van der Waals surface area contributed by atoms with E-state index >= 15 is 0 Å². The van der Waals surface area contributed by atoms with Crippen LogP contribution < -0.4 is 10.1 Å². The highest BCUT2D eigenvalue weighted by molar-refractivity contribution is 9.09. The lowest BCUT2D eigenvalue weighted by Crippen LogP contribution is -2.37. The molecule has 1 N–H and O–H groups in total. The van der Waals surface area contributed by atoms with E-state index in [4.69, 9.17) is 4.74 Å². The molecular weight excluding hydrogens is 325 g/mol. The van der Waals surface area contributed by atoms with Gasteiger partial charge in [0.05, 0.1) is 7.11 Å². The molecule has 0 aliphatic heterocycles. The molecule has 110 valence electrons. The van der Waals surface area contributed by atoms with Crippen molar-refractivity contribution in [3.05, 3.63) is 29.6 Å². The second-order valence-corrected chi connectivity index (χ2v) is 5.90. The van der Waals surface area contributed by atoms with Crippen molar-refractivity contribution >= 4 is 21.8 Å². The highest BCUT2D eigenvalue weighted by Crippen LogP contribution is 2.39. The molecule has 0 unspecified atom stereocenters. The summed E-state index contributed by atoms with van der Waals surface area (Å²) in [7, 11) is 1.43. The van der Waals surface area contributed by atoms with Crippen molar-refractivity contribution in [3.8, 4) is 5.75 Å². The number of carbonyl (C=O) groups is 1. The number of halogens is 2. The summed E-state index contributed by atoms with van der Waals surface area (Å²) < 4.78 is 18.9. The van der Waals surface area contributed by atoms with Gasteiger partial charge in [0.15, 0.2) is 0 Å². The summed E-state index contributed by atoms with van der Waals surface area (Å²) in [5.74, 6) is -0.699. The van der Waals surface area contributed by atoms with Gasteiger partial charge in [-0.3, -0.25) is 4.79 Å². The normalized spacial score (nSPS) is 16.9. The smallest absolute Gasteiger partial charge is 0.258 e. The molecule has 2 rings (SSSR count). The fraction of sp³-hybridized carbons (Fsp3) is 0.533. The first kappa shape index (κ1) is 15.3. The predicted molar refractivity (Wildman–Crippen MR) is 80.0 cm³/mol. The molecule has 1 fully saturated rings. The second kappa shape index (κ2) is 6.57. The van der Waals surface area contributed by atoms with Crippen LogP contribution in [0.4, 0.5) is 4.39 Å². The molecule has 1 saturated carbocycles. The third kappa shape index (κ3) is 3.14. The molecule has 1 aromatic rings. The lowest BCUT2D eigenvalue weighted by molar-refractivity contribution is 0.0928. The number of rotatable bonds is 5. The summed E-state index contributed by atoms with van der Waals surface area (Å²) in [5.41, 5.74) is 0.0893. The Morgan fingerprint density at radius 1 is 1.45 bits per heavy atom. The first-order valence-corrected chi connectivity index (χ1v) is 7.91. The van der Waals surface area contributed by atoms with Crippen molar-refractivity contribution in [1.29, 1.82) is 0 Å². The average Bonchev–Trinajstić information content (AvgIpc) is 2.94. The third-order valence-corrected chi connectivity index (χ3v) is 5.18. The Hall–Kier alpha value is -1.10. The maximum absolute atomic E-state index is 13.8. The highest BCUT2D eigenvalue weighted by Gasteiger charge is 2.33. The number of amides is 1. The number of alkyl halides is 1. The topological polar surface area (TPSA) is 38.3 Å². The number of hydrogen-bond donors (Lipinski definition) is 1. The quantitative estimate of drug-likeness (QED) is 0.830. The summed E-state index contributed by atoms with van der Waals surface area (Å²) in [6.45, 7) is 0.564. The minimum atomic E-state index is -0.554. The first-order valence-electron chi connectivity index (χ1n) is 6.78. The van der Waals surface area contributed by atoms with E-state index in [9.17, 15) is 9.18 Å². The average molecular weight is 344 g/mol. The molecule has 0 spiro atoms. The standard InChI is InChI=1S/C15H19BrFNO2/c1-20-12-6-4-5-11(17)13(12)14(19)18-10-15(9-16)7-2-3-8-15/h4-6H,2-3,7-10H2,1H3,(H,18,19). The van der Waals surface area contributed by atoms with E-state index in [1.165, 1.54) is 32.1 Å². The number of ether oxygens (including phenoxy) is 1. The maximum Gasteiger partial charge on any atom is 0.258 e. The Labute approximate surface area is 127 Å². The van der Waals surface area contributed by atoms with Crippen LogP contribution in [-0.2, 0) is 0 Å². The van der Waals surface area contributed by atoms with Gasteiger partial charge in [0, 0.05) is 11.9 Å². The number of methoxy groups -OCH3 is 1. The zero-order valence-electron chi connectivity index (χ0n) is 11.5. The Morgan fingerprint density at radius 2 is 2.15 bits per heavy atom. The summed E-state index contributed by atoms with van der Waals surface area (Å²) in [5, 5.41) is 3.72. The summed E-state index contributed by atoms with van der Waals surface area (Å²) >= 11 is 3.53. The zero-order chi connectivity index (χ0) is 14.6. The molecule has 3 nitrogen and oxygen atoms in total. The van der Waals surface area contributed by atoms with E-state index in [1.807, 2.05) is 0 Å². The minimum absolute atomic E-state index is 0.0160. The van der Waals surface area contributed by atoms with Gasteiger partial charge in [-0.15, -0.1) is 0 Å². The van der Waals surface area contributed by atoms with E-state index in [0.29, 0.717) is 6.54 Å². The number of carbonyl (C=O) groups excluding carboxylic acids is 1. The minimum Gasteiger partial charge on any atom is -0.496 e. The van der Waals surface area contributed by atoms with Gasteiger partial charge in [-0.2, -0.15) is 0 Å². The van der Waals surface area contributed by atoms with Crippen LogP contribution in [0, 0.1) is 11.2 Å². The van der Waals surface area contributed by atoms with Crippen LogP contribution in [0.25, 0.3) is 0 Å². The molecule has 0 radical (unpaired) electrons. The van der Waals surface area contributed by atoms with Crippen LogP contribution in [0.3, 0.4) is 0 Å². The third-order valence-electron chi connectivity index (χ3n) is 3.99. The Balaban J connectivity index is 2.09. The van der Waals surface area contributed by atoms with E-state index in [0.717, 1.165) is 18.2 Å². The fourth-order valence-corrected chi connectivity index (χ4v) is 3.49. The molecule has 1 aliphatic carbocycles. The van der Waals surface area contributed by atoms with Gasteiger partial charge in [0.25, 0.3) is 5.91 Å². The zero-order valence-corrected chi connectivity index (χ0v) is 13.1. The van der Waals surface area contributed by atoms with Crippen molar-refractivity contribution in [1.82, 2.24) is 5.32 Å². The van der Waals surface area contributed by atoms with Crippen LogP contribution in [0.15, 0.2) is 18.2 Å². The number of benzene rings is 1. The first-order chi connectivity index (χ1) is 9.62. The van der Waals surface area contributed by atoms with Crippen molar-refractivity contribution in [2.45, 2.75) is 25.7 Å². The van der Waals surface area contributed by atoms with Crippen LogP contribution >= 0.6 is 15.9 Å². The molecule has 5 heteroatoms. The molecule has 0 bridgehead atoms. The van der Waals surface area contributed by atoms with Gasteiger partial charge in [0.2, 0.25) is 0 Å². The molecule has 1 aliphatic rings. The monoisotopic (exact) mass is 343 g/mol. The van der Waals surface area contributed by atoms with Gasteiger partial charge in [-0.1, -0.05) is 34.8 Å².